The van der Waals surface area contributed by atoms with Gasteiger partial charge in [-0.05, 0) is 43.7 Å². The zero-order chi connectivity index (χ0) is 21.8. The Morgan fingerprint density at radius 1 is 1.00 bits per heavy atom. The predicted octanol–water partition coefficient (Wildman–Crippen LogP) is 5.20. The van der Waals surface area contributed by atoms with Crippen molar-refractivity contribution in [3.8, 4) is 0 Å². The van der Waals surface area contributed by atoms with E-state index in [1.54, 1.807) is 10.6 Å². The lowest BCUT2D eigenvalue weighted by molar-refractivity contribution is -0.115. The molecule has 1 atom stereocenters. The van der Waals surface area contributed by atoms with E-state index in [1.807, 2.05) is 86.6 Å². The summed E-state index contributed by atoms with van der Waals surface area (Å²) in [6.45, 7) is 4.38. The van der Waals surface area contributed by atoms with Crippen LogP contribution in [0.5, 0.6) is 0 Å². The average molecular weight is 430 g/mol. The molecule has 31 heavy (non-hydrogen) atoms. The highest BCUT2D eigenvalue weighted by Crippen LogP contribution is 2.35. The Morgan fingerprint density at radius 2 is 1.68 bits per heavy atom. The van der Waals surface area contributed by atoms with Crippen molar-refractivity contribution in [1.29, 1.82) is 0 Å². The smallest absolute Gasteiger partial charge is 0.262 e. The fourth-order valence-corrected chi connectivity index (χ4v) is 4.53. The highest BCUT2D eigenvalue weighted by Gasteiger charge is 2.25. The SMILES string of the molecule is CCn1c(SC(C(=O)Nc2ccc(C)cc2)c2ccccc2)nc2ccccc2c1=O. The second-order valence-corrected chi connectivity index (χ2v) is 8.30. The lowest BCUT2D eigenvalue weighted by Crippen LogP contribution is -2.24. The standard InChI is InChI=1S/C25H23N3O2S/c1-3-28-24(30)20-11-7-8-12-21(20)27-25(28)31-22(18-9-5-4-6-10-18)23(29)26-19-15-13-17(2)14-16-19/h4-16,22H,3H2,1-2H3,(H,26,29). The van der Waals surface area contributed by atoms with E-state index in [0.29, 0.717) is 22.6 Å². The topological polar surface area (TPSA) is 64.0 Å². The molecule has 156 valence electrons. The molecule has 4 aromatic rings. The maximum Gasteiger partial charge on any atom is 0.262 e. The number of nitrogens with zero attached hydrogens (tertiary/aromatic N) is 2. The highest BCUT2D eigenvalue weighted by molar-refractivity contribution is 8.00. The number of carbonyl (C=O) groups is 1. The zero-order valence-electron chi connectivity index (χ0n) is 17.4. The molecule has 3 aromatic carbocycles. The number of benzene rings is 3. The lowest BCUT2D eigenvalue weighted by Gasteiger charge is -2.19. The Hall–Kier alpha value is -3.38. The third-order valence-corrected chi connectivity index (χ3v) is 6.27. The van der Waals surface area contributed by atoms with E-state index in [9.17, 15) is 9.59 Å². The Morgan fingerprint density at radius 3 is 2.39 bits per heavy atom. The number of hydrogen-bond donors (Lipinski definition) is 1. The van der Waals surface area contributed by atoms with Gasteiger partial charge in [0, 0.05) is 12.2 Å². The Bertz CT molecular complexity index is 1270. The fraction of sp³-hybridized carbons (Fsp3) is 0.160. The van der Waals surface area contributed by atoms with Crippen molar-refractivity contribution >= 4 is 34.3 Å². The molecule has 1 heterocycles. The van der Waals surface area contributed by atoms with Crippen molar-refractivity contribution in [1.82, 2.24) is 9.55 Å². The number of aryl methyl sites for hydroxylation is 1. The van der Waals surface area contributed by atoms with Gasteiger partial charge in [0.05, 0.1) is 10.9 Å². The van der Waals surface area contributed by atoms with Crippen molar-refractivity contribution in [2.24, 2.45) is 0 Å². The van der Waals surface area contributed by atoms with Crippen LogP contribution in [0.3, 0.4) is 0 Å². The van der Waals surface area contributed by atoms with E-state index in [0.717, 1.165) is 16.8 Å². The van der Waals surface area contributed by atoms with E-state index < -0.39 is 5.25 Å². The highest BCUT2D eigenvalue weighted by atomic mass is 32.2. The minimum atomic E-state index is -0.562. The summed E-state index contributed by atoms with van der Waals surface area (Å²) in [6.07, 6.45) is 0. The van der Waals surface area contributed by atoms with Gasteiger partial charge in [0.2, 0.25) is 5.91 Å². The minimum Gasteiger partial charge on any atom is -0.325 e. The summed E-state index contributed by atoms with van der Waals surface area (Å²) >= 11 is 1.29. The largest absolute Gasteiger partial charge is 0.325 e. The van der Waals surface area contributed by atoms with Gasteiger partial charge in [-0.2, -0.15) is 0 Å². The van der Waals surface area contributed by atoms with Gasteiger partial charge in [-0.25, -0.2) is 4.98 Å². The first-order chi connectivity index (χ1) is 15.1. The number of fused-ring (bicyclic) bond motifs is 1. The second kappa shape index (κ2) is 9.18. The molecule has 1 N–H and O–H groups in total. The molecule has 0 spiro atoms. The monoisotopic (exact) mass is 429 g/mol. The molecule has 1 unspecified atom stereocenters. The Kier molecular flexibility index (Phi) is 6.18. The van der Waals surface area contributed by atoms with Crippen LogP contribution in [-0.4, -0.2) is 15.5 Å². The quantitative estimate of drug-likeness (QED) is 0.338. The first-order valence-electron chi connectivity index (χ1n) is 10.2. The van der Waals surface area contributed by atoms with E-state index >= 15 is 0 Å². The zero-order valence-corrected chi connectivity index (χ0v) is 18.2. The van der Waals surface area contributed by atoms with Gasteiger partial charge in [-0.1, -0.05) is 71.9 Å². The van der Waals surface area contributed by atoms with Crippen LogP contribution in [0.2, 0.25) is 0 Å². The van der Waals surface area contributed by atoms with E-state index in [2.05, 4.69) is 5.32 Å². The van der Waals surface area contributed by atoms with Crippen molar-refractivity contribution < 1.29 is 4.79 Å². The average Bonchev–Trinajstić information content (AvgIpc) is 2.79. The molecule has 5 nitrogen and oxygen atoms in total. The van der Waals surface area contributed by atoms with Crippen LogP contribution in [0.1, 0.15) is 23.3 Å². The molecule has 0 saturated carbocycles. The third kappa shape index (κ3) is 4.54. The first-order valence-corrected chi connectivity index (χ1v) is 11.0. The molecular weight excluding hydrogens is 406 g/mol. The van der Waals surface area contributed by atoms with Crippen LogP contribution >= 0.6 is 11.8 Å². The molecule has 0 aliphatic carbocycles. The summed E-state index contributed by atoms with van der Waals surface area (Å²) in [5.74, 6) is -0.162. The normalized spacial score (nSPS) is 11.9. The fourth-order valence-electron chi connectivity index (χ4n) is 3.37. The number of nitrogens with one attached hydrogen (secondary N) is 1. The van der Waals surface area contributed by atoms with Crippen LogP contribution < -0.4 is 10.9 Å². The molecule has 1 aromatic heterocycles. The lowest BCUT2D eigenvalue weighted by atomic mass is 10.1. The number of anilines is 1. The van der Waals surface area contributed by atoms with Crippen molar-refractivity contribution in [2.75, 3.05) is 5.32 Å². The Balaban J connectivity index is 1.74. The van der Waals surface area contributed by atoms with Gasteiger partial charge in [-0.3, -0.25) is 14.2 Å². The number of hydrogen-bond acceptors (Lipinski definition) is 4. The van der Waals surface area contributed by atoms with Crippen LogP contribution in [0.4, 0.5) is 5.69 Å². The summed E-state index contributed by atoms with van der Waals surface area (Å²) in [4.78, 5) is 31.0. The van der Waals surface area contributed by atoms with Gasteiger partial charge < -0.3 is 5.32 Å². The predicted molar refractivity (Wildman–Crippen MR) is 127 cm³/mol. The molecular formula is C25H23N3O2S. The molecule has 0 saturated heterocycles. The molecule has 0 radical (unpaired) electrons. The number of thioether (sulfide) groups is 1. The summed E-state index contributed by atoms with van der Waals surface area (Å²) in [6, 6.07) is 24.5. The maximum absolute atomic E-state index is 13.3. The molecule has 4 rings (SSSR count). The van der Waals surface area contributed by atoms with Crippen LogP contribution in [-0.2, 0) is 11.3 Å². The van der Waals surface area contributed by atoms with E-state index in [-0.39, 0.29) is 11.5 Å². The number of aromatic nitrogens is 2. The van der Waals surface area contributed by atoms with E-state index in [1.165, 1.54) is 11.8 Å². The van der Waals surface area contributed by atoms with Crippen molar-refractivity contribution in [3.05, 3.63) is 100 Å². The third-order valence-electron chi connectivity index (χ3n) is 5.03. The molecule has 0 aliphatic rings. The first kappa shape index (κ1) is 20.9. The number of rotatable bonds is 6. The maximum atomic E-state index is 13.3. The van der Waals surface area contributed by atoms with Crippen molar-refractivity contribution in [2.45, 2.75) is 30.8 Å². The van der Waals surface area contributed by atoms with Gasteiger partial charge >= 0.3 is 0 Å². The number of amides is 1. The number of para-hydroxylation sites is 1. The van der Waals surface area contributed by atoms with Gasteiger partial charge in [-0.15, -0.1) is 0 Å². The summed E-state index contributed by atoms with van der Waals surface area (Å²) in [7, 11) is 0. The molecule has 6 heteroatoms. The Labute approximate surface area is 185 Å². The second-order valence-electron chi connectivity index (χ2n) is 7.22. The summed E-state index contributed by atoms with van der Waals surface area (Å²) < 4.78 is 1.63. The van der Waals surface area contributed by atoms with Gasteiger partial charge in [0.1, 0.15) is 5.25 Å². The van der Waals surface area contributed by atoms with Crippen molar-refractivity contribution in [3.63, 3.8) is 0 Å². The minimum absolute atomic E-state index is 0.0960. The molecule has 0 fully saturated rings. The number of carbonyl (C=O) groups excluding carboxylic acids is 1. The van der Waals surface area contributed by atoms with Crippen LogP contribution in [0.15, 0.2) is 88.8 Å². The summed E-state index contributed by atoms with van der Waals surface area (Å²) in [5, 5.41) is 3.55. The van der Waals surface area contributed by atoms with E-state index in [4.69, 9.17) is 4.98 Å². The van der Waals surface area contributed by atoms with Gasteiger partial charge in [0.15, 0.2) is 5.16 Å². The van der Waals surface area contributed by atoms with Gasteiger partial charge in [0.25, 0.3) is 5.56 Å². The van der Waals surface area contributed by atoms with Crippen LogP contribution in [0, 0.1) is 6.92 Å². The summed E-state index contributed by atoms with van der Waals surface area (Å²) in [5.41, 5.74) is 3.24. The molecule has 0 bridgehead atoms. The molecule has 1 amide bonds. The molecule has 0 aliphatic heterocycles. The van der Waals surface area contributed by atoms with Crippen LogP contribution in [0.25, 0.3) is 10.9 Å².